The summed E-state index contributed by atoms with van der Waals surface area (Å²) in [6, 6.07) is 0. The van der Waals surface area contributed by atoms with Crippen LogP contribution < -0.4 is 5.32 Å². The number of rotatable bonds is 4. The van der Waals surface area contributed by atoms with Crippen molar-refractivity contribution in [3.63, 3.8) is 0 Å². The van der Waals surface area contributed by atoms with E-state index in [0.717, 1.165) is 0 Å². The Labute approximate surface area is 91.9 Å². The van der Waals surface area contributed by atoms with Gasteiger partial charge in [0.2, 0.25) is 11.9 Å². The third-order valence-electron chi connectivity index (χ3n) is 2.27. The summed E-state index contributed by atoms with van der Waals surface area (Å²) in [5.41, 5.74) is 0. The Bertz CT molecular complexity index is 382. The summed E-state index contributed by atoms with van der Waals surface area (Å²) in [4.78, 5) is 26.0. The number of carbonyl (C=O) groups is 2. The fourth-order valence-electron chi connectivity index (χ4n) is 0.970. The fourth-order valence-corrected chi connectivity index (χ4v) is 0.970. The van der Waals surface area contributed by atoms with E-state index < -0.39 is 23.7 Å². The maximum Gasteiger partial charge on any atom is 0.307 e. The number of nitrogens with one attached hydrogen (secondary N) is 1. The number of carboxylic acids is 1. The van der Waals surface area contributed by atoms with Gasteiger partial charge in [-0.2, -0.15) is 5.10 Å². The zero-order valence-corrected chi connectivity index (χ0v) is 8.91. The van der Waals surface area contributed by atoms with Crippen molar-refractivity contribution in [3.8, 4) is 0 Å². The molecule has 1 aromatic rings. The zero-order valence-electron chi connectivity index (χ0n) is 8.91. The summed E-state index contributed by atoms with van der Waals surface area (Å²) >= 11 is 0. The lowest BCUT2D eigenvalue weighted by molar-refractivity contribution is -0.145. The van der Waals surface area contributed by atoms with Crippen molar-refractivity contribution in [2.45, 2.75) is 13.8 Å². The number of nitrogens with zero attached hydrogens (tertiary/aromatic N) is 3. The molecule has 0 saturated heterocycles. The van der Waals surface area contributed by atoms with Crippen LogP contribution in [0.5, 0.6) is 0 Å². The Morgan fingerprint density at radius 3 is 2.50 bits per heavy atom. The molecule has 0 aromatic carbocycles. The van der Waals surface area contributed by atoms with Crippen LogP contribution in [0, 0.1) is 11.8 Å². The zero-order chi connectivity index (χ0) is 12.1. The van der Waals surface area contributed by atoms with E-state index in [1.54, 1.807) is 0 Å². The van der Waals surface area contributed by atoms with Gasteiger partial charge in [-0.25, -0.2) is 4.98 Å². The number of amides is 1. The molecular formula is C9H12N4O3. The lowest BCUT2D eigenvalue weighted by Crippen LogP contribution is -2.30. The number of aliphatic carboxylic acids is 1. The van der Waals surface area contributed by atoms with Gasteiger partial charge in [-0.3, -0.25) is 14.9 Å². The van der Waals surface area contributed by atoms with Crippen molar-refractivity contribution in [1.82, 2.24) is 15.2 Å². The lowest BCUT2D eigenvalue weighted by Gasteiger charge is -2.14. The van der Waals surface area contributed by atoms with Gasteiger partial charge < -0.3 is 5.11 Å². The molecule has 2 atom stereocenters. The largest absolute Gasteiger partial charge is 0.481 e. The van der Waals surface area contributed by atoms with E-state index >= 15 is 0 Å². The number of aromatic nitrogens is 3. The van der Waals surface area contributed by atoms with Crippen LogP contribution >= 0.6 is 0 Å². The highest BCUT2D eigenvalue weighted by atomic mass is 16.4. The van der Waals surface area contributed by atoms with E-state index in [9.17, 15) is 9.59 Å². The van der Waals surface area contributed by atoms with Crippen LogP contribution in [0.3, 0.4) is 0 Å². The van der Waals surface area contributed by atoms with Gasteiger partial charge >= 0.3 is 5.97 Å². The van der Waals surface area contributed by atoms with E-state index in [4.69, 9.17) is 5.11 Å². The molecular weight excluding hydrogens is 212 g/mol. The van der Waals surface area contributed by atoms with Crippen molar-refractivity contribution in [3.05, 3.63) is 12.4 Å². The third-order valence-corrected chi connectivity index (χ3v) is 2.27. The molecule has 0 saturated carbocycles. The number of hydrogen-bond acceptors (Lipinski definition) is 5. The second-order valence-electron chi connectivity index (χ2n) is 3.37. The highest BCUT2D eigenvalue weighted by molar-refractivity contribution is 5.93. The lowest BCUT2D eigenvalue weighted by atomic mass is 9.95. The molecule has 7 heteroatoms. The summed E-state index contributed by atoms with van der Waals surface area (Å²) in [5.74, 6) is -2.83. The van der Waals surface area contributed by atoms with Crippen molar-refractivity contribution in [2.24, 2.45) is 11.8 Å². The maximum absolute atomic E-state index is 11.6. The minimum absolute atomic E-state index is 0.0666. The summed E-state index contributed by atoms with van der Waals surface area (Å²) in [6.07, 6.45) is 2.76. The van der Waals surface area contributed by atoms with Gasteiger partial charge in [0.15, 0.2) is 0 Å². The van der Waals surface area contributed by atoms with E-state index in [1.165, 1.54) is 26.2 Å². The SMILES string of the molecule is CC(C(=O)O)C(C)C(=O)Nc1nccnn1. The summed E-state index contributed by atoms with van der Waals surface area (Å²) in [6.45, 7) is 3.00. The molecule has 0 spiro atoms. The Kier molecular flexibility index (Phi) is 3.87. The van der Waals surface area contributed by atoms with Crippen molar-refractivity contribution >= 4 is 17.8 Å². The highest BCUT2D eigenvalue weighted by Crippen LogP contribution is 2.12. The minimum Gasteiger partial charge on any atom is -0.481 e. The number of hydrogen-bond donors (Lipinski definition) is 2. The molecule has 1 rings (SSSR count). The molecule has 0 aliphatic rings. The molecule has 16 heavy (non-hydrogen) atoms. The Balaban J connectivity index is 2.63. The first-order chi connectivity index (χ1) is 7.52. The average molecular weight is 224 g/mol. The maximum atomic E-state index is 11.6. The molecule has 2 N–H and O–H groups in total. The second kappa shape index (κ2) is 5.15. The highest BCUT2D eigenvalue weighted by Gasteiger charge is 2.26. The van der Waals surface area contributed by atoms with E-state index in [2.05, 4.69) is 20.5 Å². The van der Waals surface area contributed by atoms with Crippen LogP contribution in [0.15, 0.2) is 12.4 Å². The average Bonchev–Trinajstić information content (AvgIpc) is 2.28. The Morgan fingerprint density at radius 1 is 1.31 bits per heavy atom. The van der Waals surface area contributed by atoms with Crippen LogP contribution in [0.2, 0.25) is 0 Å². The molecule has 0 fully saturated rings. The van der Waals surface area contributed by atoms with Crippen LogP contribution in [0.25, 0.3) is 0 Å². The number of carbonyl (C=O) groups excluding carboxylic acids is 1. The van der Waals surface area contributed by atoms with Gasteiger partial charge in [0, 0.05) is 5.92 Å². The summed E-state index contributed by atoms with van der Waals surface area (Å²) < 4.78 is 0. The molecule has 7 nitrogen and oxygen atoms in total. The number of anilines is 1. The Hall–Kier alpha value is -2.05. The molecule has 0 bridgehead atoms. The monoisotopic (exact) mass is 224 g/mol. The first-order valence-corrected chi connectivity index (χ1v) is 4.69. The number of carboxylic acid groups (broad SMARTS) is 1. The second-order valence-corrected chi connectivity index (χ2v) is 3.37. The van der Waals surface area contributed by atoms with E-state index in [-0.39, 0.29) is 5.95 Å². The van der Waals surface area contributed by atoms with Gasteiger partial charge in [-0.05, 0) is 0 Å². The quantitative estimate of drug-likeness (QED) is 0.755. The molecule has 0 aliphatic carbocycles. The first kappa shape index (κ1) is 12.0. The predicted octanol–water partition coefficient (Wildman–Crippen LogP) is 0.167. The smallest absolute Gasteiger partial charge is 0.307 e. The predicted molar refractivity (Wildman–Crippen MR) is 54.4 cm³/mol. The normalized spacial score (nSPS) is 13.9. The van der Waals surface area contributed by atoms with Crippen LogP contribution in [-0.4, -0.2) is 32.2 Å². The Morgan fingerprint density at radius 2 is 2.00 bits per heavy atom. The topological polar surface area (TPSA) is 105 Å². The first-order valence-electron chi connectivity index (χ1n) is 4.69. The minimum atomic E-state index is -1.02. The standard InChI is InChI=1S/C9H12N4O3/c1-5(6(2)8(15)16)7(14)12-9-10-3-4-11-13-9/h3-6H,1-2H3,(H,15,16)(H,10,12,13,14). The molecule has 1 aromatic heterocycles. The summed E-state index contributed by atoms with van der Waals surface area (Å²) in [5, 5.41) is 18.2. The molecule has 2 unspecified atom stereocenters. The van der Waals surface area contributed by atoms with Crippen LogP contribution in [-0.2, 0) is 9.59 Å². The van der Waals surface area contributed by atoms with E-state index in [1.807, 2.05) is 0 Å². The molecule has 1 heterocycles. The van der Waals surface area contributed by atoms with Crippen molar-refractivity contribution < 1.29 is 14.7 Å². The van der Waals surface area contributed by atoms with Gasteiger partial charge in [0.25, 0.3) is 0 Å². The van der Waals surface area contributed by atoms with Crippen molar-refractivity contribution in [1.29, 1.82) is 0 Å². The van der Waals surface area contributed by atoms with E-state index in [0.29, 0.717) is 0 Å². The summed E-state index contributed by atoms with van der Waals surface area (Å²) in [7, 11) is 0. The molecule has 1 amide bonds. The fraction of sp³-hybridized carbons (Fsp3) is 0.444. The molecule has 0 aliphatic heterocycles. The van der Waals surface area contributed by atoms with Gasteiger partial charge in [0.05, 0.1) is 18.3 Å². The van der Waals surface area contributed by atoms with Crippen LogP contribution in [0.1, 0.15) is 13.8 Å². The van der Waals surface area contributed by atoms with Gasteiger partial charge in [-0.1, -0.05) is 13.8 Å². The van der Waals surface area contributed by atoms with Gasteiger partial charge in [0.1, 0.15) is 0 Å². The molecule has 86 valence electrons. The van der Waals surface area contributed by atoms with Crippen molar-refractivity contribution in [2.75, 3.05) is 5.32 Å². The van der Waals surface area contributed by atoms with Gasteiger partial charge in [-0.15, -0.1) is 5.10 Å². The molecule has 0 radical (unpaired) electrons. The third kappa shape index (κ3) is 2.97. The van der Waals surface area contributed by atoms with Crippen LogP contribution in [0.4, 0.5) is 5.95 Å².